The van der Waals surface area contributed by atoms with E-state index in [2.05, 4.69) is 12.2 Å². The fourth-order valence-electron chi connectivity index (χ4n) is 2.29. The van der Waals surface area contributed by atoms with Crippen molar-refractivity contribution in [1.29, 1.82) is 0 Å². The first-order chi connectivity index (χ1) is 8.40. The molecule has 1 aliphatic rings. The van der Waals surface area contributed by atoms with Gasteiger partial charge in [0.15, 0.2) is 0 Å². The largest absolute Gasteiger partial charge is 0.468 e. The number of hydrogen-bond acceptors (Lipinski definition) is 3. The maximum Gasteiger partial charge on any atom is 0.123 e. The molecular weight excluding hydrogens is 214 g/mol. The Morgan fingerprint density at radius 3 is 3.00 bits per heavy atom. The monoisotopic (exact) mass is 237 g/mol. The van der Waals surface area contributed by atoms with Crippen molar-refractivity contribution in [2.75, 3.05) is 6.54 Å². The summed E-state index contributed by atoms with van der Waals surface area (Å²) in [5.41, 5.74) is 1.19. The van der Waals surface area contributed by atoms with Gasteiger partial charge in [0.2, 0.25) is 0 Å². The Bertz CT molecular complexity index is 316. The molecule has 1 aromatic rings. The van der Waals surface area contributed by atoms with Crippen LogP contribution < -0.4 is 5.32 Å². The fourth-order valence-corrected chi connectivity index (χ4v) is 2.29. The summed E-state index contributed by atoms with van der Waals surface area (Å²) in [5.74, 6) is 1.02. The van der Waals surface area contributed by atoms with Crippen LogP contribution in [-0.2, 0) is 17.9 Å². The summed E-state index contributed by atoms with van der Waals surface area (Å²) in [5, 5.41) is 3.36. The lowest BCUT2D eigenvalue weighted by atomic mass is 10.2. The van der Waals surface area contributed by atoms with Gasteiger partial charge in [-0.1, -0.05) is 19.8 Å². The SMILES string of the molecule is CCCNCc1occc1COC1CCCC1. The molecule has 3 nitrogen and oxygen atoms in total. The van der Waals surface area contributed by atoms with Crippen LogP contribution in [0.25, 0.3) is 0 Å². The topological polar surface area (TPSA) is 34.4 Å². The van der Waals surface area contributed by atoms with Gasteiger partial charge in [-0.15, -0.1) is 0 Å². The summed E-state index contributed by atoms with van der Waals surface area (Å²) in [6, 6.07) is 2.03. The Kier molecular flexibility index (Phi) is 5.08. The molecule has 1 N–H and O–H groups in total. The number of hydrogen-bond donors (Lipinski definition) is 1. The summed E-state index contributed by atoms with van der Waals surface area (Å²) in [6.45, 7) is 4.71. The predicted molar refractivity (Wildman–Crippen MR) is 67.8 cm³/mol. The van der Waals surface area contributed by atoms with E-state index in [9.17, 15) is 0 Å². The molecule has 3 heteroatoms. The summed E-state index contributed by atoms with van der Waals surface area (Å²) in [7, 11) is 0. The van der Waals surface area contributed by atoms with E-state index in [1.807, 2.05) is 6.07 Å². The van der Waals surface area contributed by atoms with Crippen LogP contribution in [0.3, 0.4) is 0 Å². The zero-order valence-corrected chi connectivity index (χ0v) is 10.7. The van der Waals surface area contributed by atoms with Crippen LogP contribution in [0.15, 0.2) is 16.7 Å². The Morgan fingerprint density at radius 1 is 1.41 bits per heavy atom. The highest BCUT2D eigenvalue weighted by Gasteiger charge is 2.16. The van der Waals surface area contributed by atoms with Gasteiger partial charge in [-0.3, -0.25) is 0 Å². The molecule has 1 heterocycles. The van der Waals surface area contributed by atoms with Crippen LogP contribution >= 0.6 is 0 Å². The second-order valence-corrected chi connectivity index (χ2v) is 4.76. The number of rotatable bonds is 7. The molecule has 0 unspecified atom stereocenters. The van der Waals surface area contributed by atoms with Gasteiger partial charge in [0.25, 0.3) is 0 Å². The van der Waals surface area contributed by atoms with E-state index in [-0.39, 0.29) is 0 Å². The third kappa shape index (κ3) is 3.86. The summed E-state index contributed by atoms with van der Waals surface area (Å²) < 4.78 is 11.4. The molecule has 0 aromatic carbocycles. The summed E-state index contributed by atoms with van der Waals surface area (Å²) >= 11 is 0. The van der Waals surface area contributed by atoms with Gasteiger partial charge in [-0.25, -0.2) is 0 Å². The smallest absolute Gasteiger partial charge is 0.123 e. The minimum Gasteiger partial charge on any atom is -0.468 e. The quantitative estimate of drug-likeness (QED) is 0.739. The average Bonchev–Trinajstić information content (AvgIpc) is 2.97. The average molecular weight is 237 g/mol. The minimum atomic E-state index is 0.473. The molecule has 1 fully saturated rings. The Morgan fingerprint density at radius 2 is 2.24 bits per heavy atom. The maximum atomic E-state index is 5.91. The highest BCUT2D eigenvalue weighted by molar-refractivity contribution is 5.15. The van der Waals surface area contributed by atoms with Gasteiger partial charge in [0.05, 0.1) is 25.5 Å². The van der Waals surface area contributed by atoms with Gasteiger partial charge in [0, 0.05) is 5.56 Å². The van der Waals surface area contributed by atoms with Crippen LogP contribution in [-0.4, -0.2) is 12.6 Å². The molecule has 1 saturated carbocycles. The fraction of sp³-hybridized carbons (Fsp3) is 0.714. The molecule has 2 rings (SSSR count). The van der Waals surface area contributed by atoms with Crippen molar-refractivity contribution in [2.45, 2.75) is 58.3 Å². The van der Waals surface area contributed by atoms with Gasteiger partial charge < -0.3 is 14.5 Å². The van der Waals surface area contributed by atoms with Gasteiger partial charge in [-0.2, -0.15) is 0 Å². The first-order valence-electron chi connectivity index (χ1n) is 6.77. The standard InChI is InChI=1S/C14H23NO2/c1-2-8-15-10-14-12(7-9-16-14)11-17-13-5-3-4-6-13/h7,9,13,15H,2-6,8,10-11H2,1H3. The highest BCUT2D eigenvalue weighted by atomic mass is 16.5. The van der Waals surface area contributed by atoms with Crippen molar-refractivity contribution in [2.24, 2.45) is 0 Å². The van der Waals surface area contributed by atoms with Crippen LogP contribution in [0, 0.1) is 0 Å². The maximum absolute atomic E-state index is 5.91. The van der Waals surface area contributed by atoms with Crippen molar-refractivity contribution >= 4 is 0 Å². The van der Waals surface area contributed by atoms with E-state index in [0.717, 1.165) is 25.3 Å². The highest BCUT2D eigenvalue weighted by Crippen LogP contribution is 2.23. The van der Waals surface area contributed by atoms with Gasteiger partial charge in [0.1, 0.15) is 5.76 Å². The lowest BCUT2D eigenvalue weighted by molar-refractivity contribution is 0.0448. The van der Waals surface area contributed by atoms with Crippen molar-refractivity contribution < 1.29 is 9.15 Å². The van der Waals surface area contributed by atoms with Crippen LogP contribution in [0.5, 0.6) is 0 Å². The van der Waals surface area contributed by atoms with E-state index in [0.29, 0.717) is 12.7 Å². The first-order valence-corrected chi connectivity index (χ1v) is 6.77. The molecule has 96 valence electrons. The minimum absolute atomic E-state index is 0.473. The van der Waals surface area contributed by atoms with E-state index < -0.39 is 0 Å². The zero-order chi connectivity index (χ0) is 11.9. The molecule has 0 saturated heterocycles. The van der Waals surface area contributed by atoms with Crippen molar-refractivity contribution in [1.82, 2.24) is 5.32 Å². The van der Waals surface area contributed by atoms with Crippen molar-refractivity contribution in [3.63, 3.8) is 0 Å². The normalized spacial score (nSPS) is 16.8. The summed E-state index contributed by atoms with van der Waals surface area (Å²) in [4.78, 5) is 0. The lowest BCUT2D eigenvalue weighted by Gasteiger charge is -2.11. The molecule has 17 heavy (non-hydrogen) atoms. The van der Waals surface area contributed by atoms with Gasteiger partial charge in [-0.05, 0) is 31.9 Å². The van der Waals surface area contributed by atoms with Crippen LogP contribution in [0.4, 0.5) is 0 Å². The van der Waals surface area contributed by atoms with Crippen LogP contribution in [0.2, 0.25) is 0 Å². The third-order valence-corrected chi connectivity index (χ3v) is 3.33. The molecule has 0 amide bonds. The van der Waals surface area contributed by atoms with E-state index in [1.165, 1.54) is 31.2 Å². The molecule has 1 aromatic heterocycles. The van der Waals surface area contributed by atoms with Crippen LogP contribution in [0.1, 0.15) is 50.4 Å². The second kappa shape index (κ2) is 6.82. The molecule has 0 radical (unpaired) electrons. The van der Waals surface area contributed by atoms with E-state index in [1.54, 1.807) is 6.26 Å². The first kappa shape index (κ1) is 12.7. The number of ether oxygens (including phenoxy) is 1. The third-order valence-electron chi connectivity index (χ3n) is 3.33. The molecule has 0 atom stereocenters. The Labute approximate surface area is 104 Å². The second-order valence-electron chi connectivity index (χ2n) is 4.76. The molecule has 0 aliphatic heterocycles. The Hall–Kier alpha value is -0.800. The lowest BCUT2D eigenvalue weighted by Crippen LogP contribution is -2.15. The Balaban J connectivity index is 1.76. The molecule has 0 spiro atoms. The number of nitrogens with one attached hydrogen (secondary N) is 1. The zero-order valence-electron chi connectivity index (χ0n) is 10.7. The molecule has 0 bridgehead atoms. The molecular formula is C14H23NO2. The van der Waals surface area contributed by atoms with Crippen molar-refractivity contribution in [3.05, 3.63) is 23.7 Å². The van der Waals surface area contributed by atoms with Gasteiger partial charge >= 0.3 is 0 Å². The summed E-state index contributed by atoms with van der Waals surface area (Å²) in [6.07, 6.45) is 8.47. The molecule has 1 aliphatic carbocycles. The van der Waals surface area contributed by atoms with E-state index in [4.69, 9.17) is 9.15 Å². The van der Waals surface area contributed by atoms with E-state index >= 15 is 0 Å². The predicted octanol–water partition coefficient (Wildman–Crippen LogP) is 3.24. The number of furan rings is 1. The van der Waals surface area contributed by atoms with Crippen molar-refractivity contribution in [3.8, 4) is 0 Å².